The number of aromatic nitrogens is 1. The second-order valence-electron chi connectivity index (χ2n) is 6.44. The van der Waals surface area contributed by atoms with Gasteiger partial charge in [0.1, 0.15) is 25.4 Å². The van der Waals surface area contributed by atoms with Crippen molar-refractivity contribution in [2.24, 2.45) is 5.92 Å². The molecule has 1 unspecified atom stereocenters. The second-order valence-corrected chi connectivity index (χ2v) is 6.44. The molecule has 1 aromatic heterocycles. The van der Waals surface area contributed by atoms with Gasteiger partial charge in [0.15, 0.2) is 0 Å². The molecule has 2 heterocycles. The average Bonchev–Trinajstić information content (AvgIpc) is 2.50. The minimum atomic E-state index is -1.17. The van der Waals surface area contributed by atoms with E-state index in [2.05, 4.69) is 11.3 Å². The fourth-order valence-corrected chi connectivity index (χ4v) is 3.39. The summed E-state index contributed by atoms with van der Waals surface area (Å²) >= 11 is 0. The van der Waals surface area contributed by atoms with Crippen LogP contribution >= 0.6 is 0 Å². The monoisotopic (exact) mass is 313 g/mol. The van der Waals surface area contributed by atoms with Gasteiger partial charge >= 0.3 is 5.97 Å². The van der Waals surface area contributed by atoms with Crippen LogP contribution in [0.3, 0.4) is 0 Å². The van der Waals surface area contributed by atoms with Crippen LogP contribution in [0.25, 0.3) is 10.9 Å². The number of hydrogen-bond donors (Lipinski definition) is 1. The van der Waals surface area contributed by atoms with Crippen molar-refractivity contribution in [3.05, 3.63) is 45.7 Å². The summed E-state index contributed by atoms with van der Waals surface area (Å²) < 4.78 is 3.98. The third-order valence-corrected chi connectivity index (χ3v) is 4.52. The molecule has 1 N–H and O–H groups in total. The summed E-state index contributed by atoms with van der Waals surface area (Å²) in [5, 5.41) is 9.81. The van der Waals surface area contributed by atoms with E-state index in [-0.39, 0.29) is 5.56 Å². The molecule has 1 saturated heterocycles. The number of pyridine rings is 1. The Hall–Kier alpha value is -2.43. The van der Waals surface area contributed by atoms with Crippen molar-refractivity contribution in [3.8, 4) is 0 Å². The SMILES string of the molecule is C=[N+]1CCCC(Cn2cc(C(=O)O)c(=O)c3cc(C)ccc32)C1. The molecule has 3 rings (SSSR count). The molecule has 1 aromatic carbocycles. The Kier molecular flexibility index (Phi) is 4.03. The van der Waals surface area contributed by atoms with Crippen LogP contribution in [-0.2, 0) is 6.54 Å². The zero-order valence-corrected chi connectivity index (χ0v) is 13.3. The van der Waals surface area contributed by atoms with Crippen LogP contribution < -0.4 is 5.43 Å². The van der Waals surface area contributed by atoms with Crippen molar-refractivity contribution in [1.29, 1.82) is 0 Å². The predicted molar refractivity (Wildman–Crippen MR) is 89.7 cm³/mol. The number of hydrogen-bond acceptors (Lipinski definition) is 2. The van der Waals surface area contributed by atoms with Crippen LogP contribution in [0.4, 0.5) is 0 Å². The molecule has 1 fully saturated rings. The molecule has 0 bridgehead atoms. The maximum absolute atomic E-state index is 12.4. The summed E-state index contributed by atoms with van der Waals surface area (Å²) in [6.07, 6.45) is 3.68. The van der Waals surface area contributed by atoms with E-state index in [4.69, 9.17) is 0 Å². The van der Waals surface area contributed by atoms with Crippen LogP contribution in [0.2, 0.25) is 0 Å². The zero-order valence-electron chi connectivity index (χ0n) is 13.3. The van der Waals surface area contributed by atoms with E-state index < -0.39 is 11.4 Å². The van der Waals surface area contributed by atoms with Gasteiger partial charge < -0.3 is 9.67 Å². The highest BCUT2D eigenvalue weighted by atomic mass is 16.4. The van der Waals surface area contributed by atoms with Gasteiger partial charge in [-0.2, -0.15) is 0 Å². The number of fused-ring (bicyclic) bond motifs is 1. The fraction of sp³-hybridized carbons (Fsp3) is 0.389. The number of rotatable bonds is 3. The lowest BCUT2D eigenvalue weighted by Crippen LogP contribution is -2.30. The molecule has 0 saturated carbocycles. The number of piperidine rings is 1. The van der Waals surface area contributed by atoms with Gasteiger partial charge in [-0.3, -0.25) is 4.79 Å². The molecule has 1 aliphatic rings. The number of benzene rings is 1. The summed E-state index contributed by atoms with van der Waals surface area (Å²) in [6, 6.07) is 5.63. The maximum atomic E-state index is 12.4. The van der Waals surface area contributed by atoms with Gasteiger partial charge in [0.05, 0.1) is 5.52 Å². The molecule has 0 radical (unpaired) electrons. The van der Waals surface area contributed by atoms with Gasteiger partial charge in [-0.05, 0) is 25.5 Å². The highest BCUT2D eigenvalue weighted by molar-refractivity contribution is 5.92. The third kappa shape index (κ3) is 3.04. The van der Waals surface area contributed by atoms with E-state index in [1.165, 1.54) is 6.20 Å². The van der Waals surface area contributed by atoms with Crippen molar-refractivity contribution < 1.29 is 14.5 Å². The number of aryl methyl sites for hydroxylation is 1. The number of carbonyl (C=O) groups is 1. The molecule has 5 nitrogen and oxygen atoms in total. The Morgan fingerprint density at radius 3 is 2.96 bits per heavy atom. The summed E-state index contributed by atoms with van der Waals surface area (Å²) in [5.41, 5.74) is 1.18. The minimum absolute atomic E-state index is 0.162. The highest BCUT2D eigenvalue weighted by Gasteiger charge is 2.22. The third-order valence-electron chi connectivity index (χ3n) is 4.52. The van der Waals surface area contributed by atoms with E-state index in [9.17, 15) is 14.7 Å². The molecule has 23 heavy (non-hydrogen) atoms. The van der Waals surface area contributed by atoms with Crippen LogP contribution in [0.1, 0.15) is 28.8 Å². The summed E-state index contributed by atoms with van der Waals surface area (Å²) in [6.45, 7) is 8.50. The quantitative estimate of drug-likeness (QED) is 0.883. The first-order chi connectivity index (χ1) is 11.0. The van der Waals surface area contributed by atoms with Crippen molar-refractivity contribution in [2.45, 2.75) is 26.3 Å². The molecule has 1 atom stereocenters. The summed E-state index contributed by atoms with van der Waals surface area (Å²) in [4.78, 5) is 23.8. The molecule has 0 spiro atoms. The predicted octanol–water partition coefficient (Wildman–Crippen LogP) is 2.13. The van der Waals surface area contributed by atoms with Crippen LogP contribution in [-0.4, -0.2) is 40.0 Å². The summed E-state index contributed by atoms with van der Waals surface area (Å²) in [5.74, 6) is -0.760. The molecule has 5 heteroatoms. The van der Waals surface area contributed by atoms with Gasteiger partial charge in [0.2, 0.25) is 5.43 Å². The standard InChI is InChI=1S/C18H20N2O3/c1-12-5-6-16-14(8-12)17(21)15(18(22)23)11-20(16)10-13-4-3-7-19(2)9-13/h5-6,8,11,13H,2-4,7,9-10H2,1H3/p+1. The van der Waals surface area contributed by atoms with E-state index in [0.717, 1.165) is 37.0 Å². The summed E-state index contributed by atoms with van der Waals surface area (Å²) in [7, 11) is 0. The molecule has 120 valence electrons. The smallest absolute Gasteiger partial charge is 0.341 e. The van der Waals surface area contributed by atoms with Crippen LogP contribution in [0.15, 0.2) is 29.2 Å². The first-order valence-corrected chi connectivity index (χ1v) is 7.88. The second kappa shape index (κ2) is 5.99. The molecular weight excluding hydrogens is 292 g/mol. The normalized spacial score (nSPS) is 18.3. The average molecular weight is 313 g/mol. The molecule has 1 aliphatic heterocycles. The Bertz CT molecular complexity index is 851. The first kappa shape index (κ1) is 15.5. The van der Waals surface area contributed by atoms with Crippen LogP contribution in [0.5, 0.6) is 0 Å². The molecule has 2 aromatic rings. The van der Waals surface area contributed by atoms with Crippen molar-refractivity contribution in [3.63, 3.8) is 0 Å². The lowest BCUT2D eigenvalue weighted by molar-refractivity contribution is -0.538. The number of carboxylic acids is 1. The lowest BCUT2D eigenvalue weighted by atomic mass is 9.98. The fourth-order valence-electron chi connectivity index (χ4n) is 3.39. The topological polar surface area (TPSA) is 62.3 Å². The maximum Gasteiger partial charge on any atom is 0.341 e. The van der Waals surface area contributed by atoms with E-state index >= 15 is 0 Å². The van der Waals surface area contributed by atoms with Gasteiger partial charge in [0, 0.05) is 30.5 Å². The Morgan fingerprint density at radius 2 is 2.26 bits per heavy atom. The Balaban J connectivity index is 2.11. The number of aromatic carboxylic acids is 1. The van der Waals surface area contributed by atoms with Gasteiger partial charge in [-0.15, -0.1) is 0 Å². The lowest BCUT2D eigenvalue weighted by Gasteiger charge is -2.22. The zero-order chi connectivity index (χ0) is 16.6. The van der Waals surface area contributed by atoms with E-state index in [0.29, 0.717) is 17.8 Å². The van der Waals surface area contributed by atoms with Gasteiger partial charge in [-0.25, -0.2) is 9.37 Å². The van der Waals surface area contributed by atoms with Gasteiger partial charge in [-0.1, -0.05) is 11.6 Å². The molecular formula is C18H21N2O3+. The van der Waals surface area contributed by atoms with Crippen molar-refractivity contribution >= 4 is 23.6 Å². The van der Waals surface area contributed by atoms with E-state index in [1.807, 2.05) is 23.6 Å². The molecule has 0 amide bonds. The van der Waals surface area contributed by atoms with E-state index in [1.54, 1.807) is 6.07 Å². The highest BCUT2D eigenvalue weighted by Crippen LogP contribution is 2.20. The molecule has 0 aliphatic carbocycles. The number of nitrogens with zero attached hydrogens (tertiary/aromatic N) is 2. The van der Waals surface area contributed by atoms with Crippen LogP contribution in [0, 0.1) is 12.8 Å². The Labute approximate surface area is 134 Å². The minimum Gasteiger partial charge on any atom is -0.477 e. The number of carboxylic acid groups (broad SMARTS) is 1. The van der Waals surface area contributed by atoms with Crippen molar-refractivity contribution in [2.75, 3.05) is 13.1 Å². The largest absolute Gasteiger partial charge is 0.477 e. The van der Waals surface area contributed by atoms with Gasteiger partial charge in [0.25, 0.3) is 0 Å². The Morgan fingerprint density at radius 1 is 1.48 bits per heavy atom. The van der Waals surface area contributed by atoms with Crippen molar-refractivity contribution in [1.82, 2.24) is 4.57 Å². The first-order valence-electron chi connectivity index (χ1n) is 7.88.